The van der Waals surface area contributed by atoms with E-state index in [1.165, 1.54) is 16.7 Å². The van der Waals surface area contributed by atoms with Gasteiger partial charge in [-0.15, -0.1) is 0 Å². The summed E-state index contributed by atoms with van der Waals surface area (Å²) in [5.74, 6) is -0.530. The van der Waals surface area contributed by atoms with Crippen molar-refractivity contribution in [1.29, 1.82) is 0 Å². The van der Waals surface area contributed by atoms with Crippen LogP contribution in [0.2, 0.25) is 0 Å². The fraction of sp³-hybridized carbons (Fsp3) is 0.176. The van der Waals surface area contributed by atoms with E-state index in [0.717, 1.165) is 23.1 Å². The van der Waals surface area contributed by atoms with E-state index in [2.05, 4.69) is 47.6 Å². The van der Waals surface area contributed by atoms with E-state index < -0.39 is 5.91 Å². The van der Waals surface area contributed by atoms with Crippen molar-refractivity contribution in [1.82, 2.24) is 10.2 Å². The number of benzene rings is 2. The number of nitrogens with two attached hydrogens (primary N) is 1. The number of H-pyrrole nitrogens is 1. The minimum atomic E-state index is -0.530. The van der Waals surface area contributed by atoms with E-state index >= 15 is 0 Å². The molecule has 5 nitrogen and oxygen atoms in total. The van der Waals surface area contributed by atoms with Gasteiger partial charge in [-0.05, 0) is 48.7 Å². The molecule has 0 fully saturated rings. The summed E-state index contributed by atoms with van der Waals surface area (Å²) < 4.78 is 0. The maximum atomic E-state index is 11.4. The number of nitrogens with one attached hydrogen (secondary N) is 2. The van der Waals surface area contributed by atoms with Gasteiger partial charge in [0.1, 0.15) is 0 Å². The number of aromatic nitrogens is 2. The molecule has 22 heavy (non-hydrogen) atoms. The lowest BCUT2D eigenvalue weighted by Gasteiger charge is -2.09. The fourth-order valence-corrected chi connectivity index (χ4v) is 2.43. The van der Waals surface area contributed by atoms with Gasteiger partial charge in [0, 0.05) is 17.6 Å². The van der Waals surface area contributed by atoms with Gasteiger partial charge in [0.2, 0.25) is 0 Å². The number of rotatable bonds is 4. The Morgan fingerprint density at radius 3 is 2.73 bits per heavy atom. The summed E-state index contributed by atoms with van der Waals surface area (Å²) >= 11 is 0. The lowest BCUT2D eigenvalue weighted by Crippen LogP contribution is -2.11. The summed E-state index contributed by atoms with van der Waals surface area (Å²) in [6.07, 6.45) is 0. The summed E-state index contributed by atoms with van der Waals surface area (Å²) in [4.78, 5) is 11.4. The third-order valence-corrected chi connectivity index (χ3v) is 3.86. The van der Waals surface area contributed by atoms with Gasteiger partial charge in [0.25, 0.3) is 5.91 Å². The molecule has 0 aliphatic heterocycles. The maximum absolute atomic E-state index is 11.4. The van der Waals surface area contributed by atoms with Crippen molar-refractivity contribution in [2.45, 2.75) is 20.4 Å². The van der Waals surface area contributed by atoms with Crippen LogP contribution < -0.4 is 11.1 Å². The average molecular weight is 294 g/mol. The first-order valence-corrected chi connectivity index (χ1v) is 7.12. The van der Waals surface area contributed by atoms with Crippen LogP contribution in [0.15, 0.2) is 36.4 Å². The number of carbonyl (C=O) groups excluding carboxylic acids is 1. The van der Waals surface area contributed by atoms with Crippen LogP contribution in [0.25, 0.3) is 10.9 Å². The summed E-state index contributed by atoms with van der Waals surface area (Å²) in [5.41, 5.74) is 11.1. The van der Waals surface area contributed by atoms with Crippen molar-refractivity contribution >= 4 is 22.5 Å². The highest BCUT2D eigenvalue weighted by molar-refractivity contribution is 6.04. The monoisotopic (exact) mass is 294 g/mol. The van der Waals surface area contributed by atoms with Crippen molar-refractivity contribution in [2.75, 3.05) is 5.32 Å². The zero-order valence-electron chi connectivity index (χ0n) is 12.6. The molecule has 4 N–H and O–H groups in total. The molecule has 0 spiro atoms. The SMILES string of the molecule is Cc1ccc(CNc2ccc3[nH]nc(C(N)=O)c3c2)cc1C. The van der Waals surface area contributed by atoms with Crippen LogP contribution in [0, 0.1) is 13.8 Å². The Morgan fingerprint density at radius 2 is 2.00 bits per heavy atom. The summed E-state index contributed by atoms with van der Waals surface area (Å²) in [5, 5.41) is 10.8. The molecule has 0 atom stereocenters. The standard InChI is InChI=1S/C17H18N4O/c1-10-3-4-12(7-11(10)2)9-19-13-5-6-15-14(8-13)16(17(18)22)21-20-15/h3-8,19H,9H2,1-2H3,(H2,18,22)(H,20,21). The Balaban J connectivity index is 1.83. The van der Waals surface area contributed by atoms with Crippen LogP contribution in [0.4, 0.5) is 5.69 Å². The van der Waals surface area contributed by atoms with Crippen LogP contribution in [0.5, 0.6) is 0 Å². The fourth-order valence-electron chi connectivity index (χ4n) is 2.43. The maximum Gasteiger partial charge on any atom is 0.269 e. The van der Waals surface area contributed by atoms with Gasteiger partial charge in [0.05, 0.1) is 5.52 Å². The van der Waals surface area contributed by atoms with E-state index in [1.54, 1.807) is 0 Å². The third kappa shape index (κ3) is 2.65. The third-order valence-electron chi connectivity index (χ3n) is 3.86. The van der Waals surface area contributed by atoms with Crippen molar-refractivity contribution in [3.8, 4) is 0 Å². The van der Waals surface area contributed by atoms with Crippen LogP contribution >= 0.6 is 0 Å². The molecule has 0 aliphatic carbocycles. The highest BCUT2D eigenvalue weighted by Crippen LogP contribution is 2.21. The van der Waals surface area contributed by atoms with Gasteiger partial charge in [-0.3, -0.25) is 9.89 Å². The van der Waals surface area contributed by atoms with E-state index in [1.807, 2.05) is 18.2 Å². The molecule has 3 aromatic rings. The molecular formula is C17H18N4O. The van der Waals surface area contributed by atoms with Gasteiger partial charge in [-0.2, -0.15) is 5.10 Å². The number of fused-ring (bicyclic) bond motifs is 1. The molecule has 5 heteroatoms. The molecule has 2 aromatic carbocycles. The van der Waals surface area contributed by atoms with E-state index in [-0.39, 0.29) is 5.69 Å². The van der Waals surface area contributed by atoms with Gasteiger partial charge in [-0.1, -0.05) is 18.2 Å². The first kappa shape index (κ1) is 14.1. The van der Waals surface area contributed by atoms with Gasteiger partial charge >= 0.3 is 0 Å². The second-order valence-corrected chi connectivity index (χ2v) is 5.47. The average Bonchev–Trinajstić information content (AvgIpc) is 2.91. The molecule has 0 saturated heterocycles. The predicted octanol–water partition coefficient (Wildman–Crippen LogP) is 2.89. The number of primary amides is 1. The normalized spacial score (nSPS) is 10.8. The van der Waals surface area contributed by atoms with Crippen LogP contribution in [0.1, 0.15) is 27.2 Å². The Kier molecular flexibility index (Phi) is 3.55. The first-order chi connectivity index (χ1) is 10.5. The Labute approximate surface area is 128 Å². The number of hydrogen-bond acceptors (Lipinski definition) is 3. The van der Waals surface area contributed by atoms with Crippen LogP contribution in [-0.2, 0) is 6.54 Å². The molecule has 1 heterocycles. The second-order valence-electron chi connectivity index (χ2n) is 5.47. The summed E-state index contributed by atoms with van der Waals surface area (Å²) in [6, 6.07) is 12.1. The smallest absolute Gasteiger partial charge is 0.269 e. The number of carbonyl (C=O) groups is 1. The zero-order chi connectivity index (χ0) is 15.7. The van der Waals surface area contributed by atoms with Gasteiger partial charge < -0.3 is 11.1 Å². The first-order valence-electron chi connectivity index (χ1n) is 7.12. The van der Waals surface area contributed by atoms with E-state index in [4.69, 9.17) is 5.73 Å². The molecule has 1 amide bonds. The highest BCUT2D eigenvalue weighted by Gasteiger charge is 2.11. The summed E-state index contributed by atoms with van der Waals surface area (Å²) in [6.45, 7) is 4.93. The second kappa shape index (κ2) is 5.52. The predicted molar refractivity (Wildman–Crippen MR) is 87.9 cm³/mol. The van der Waals surface area contributed by atoms with Gasteiger partial charge in [-0.25, -0.2) is 0 Å². The molecule has 112 valence electrons. The molecular weight excluding hydrogens is 276 g/mol. The summed E-state index contributed by atoms with van der Waals surface area (Å²) in [7, 11) is 0. The largest absolute Gasteiger partial charge is 0.381 e. The number of anilines is 1. The van der Waals surface area contributed by atoms with Crippen molar-refractivity contribution in [2.24, 2.45) is 5.73 Å². The van der Waals surface area contributed by atoms with E-state index in [0.29, 0.717) is 0 Å². The minimum Gasteiger partial charge on any atom is -0.381 e. The topological polar surface area (TPSA) is 83.8 Å². The van der Waals surface area contributed by atoms with Crippen molar-refractivity contribution < 1.29 is 4.79 Å². The molecule has 3 rings (SSSR count). The number of nitrogens with zero attached hydrogens (tertiary/aromatic N) is 1. The Hall–Kier alpha value is -2.82. The molecule has 0 bridgehead atoms. The van der Waals surface area contributed by atoms with Gasteiger partial charge in [0.15, 0.2) is 5.69 Å². The minimum absolute atomic E-state index is 0.268. The molecule has 0 saturated carbocycles. The molecule has 0 radical (unpaired) electrons. The van der Waals surface area contributed by atoms with Crippen LogP contribution in [0.3, 0.4) is 0 Å². The zero-order valence-corrected chi connectivity index (χ0v) is 12.6. The molecule has 0 aliphatic rings. The molecule has 0 unspecified atom stereocenters. The highest BCUT2D eigenvalue weighted by atomic mass is 16.1. The van der Waals surface area contributed by atoms with Crippen molar-refractivity contribution in [3.63, 3.8) is 0 Å². The molecule has 1 aromatic heterocycles. The Bertz CT molecular complexity index is 851. The van der Waals surface area contributed by atoms with Crippen molar-refractivity contribution in [3.05, 3.63) is 58.8 Å². The number of hydrogen-bond donors (Lipinski definition) is 3. The quantitative estimate of drug-likeness (QED) is 0.691. The number of amides is 1. The number of aryl methyl sites for hydroxylation is 2. The lowest BCUT2D eigenvalue weighted by molar-refractivity contribution is 0.0997. The number of aromatic amines is 1. The lowest BCUT2D eigenvalue weighted by atomic mass is 10.1. The van der Waals surface area contributed by atoms with E-state index in [9.17, 15) is 4.79 Å². The Morgan fingerprint density at radius 1 is 1.18 bits per heavy atom. The van der Waals surface area contributed by atoms with Crippen LogP contribution in [-0.4, -0.2) is 16.1 Å².